The molecule has 4 aliphatic rings. The summed E-state index contributed by atoms with van der Waals surface area (Å²) in [4.78, 5) is 27.5. The summed E-state index contributed by atoms with van der Waals surface area (Å²) in [7, 11) is -4.69. The Morgan fingerprint density at radius 1 is 0.887 bits per heavy atom. The smallest absolute Gasteiger partial charge is 0.338 e. The number of aliphatic hydroxyl groups excluding tert-OH is 2. The molecule has 1 saturated heterocycles. The van der Waals surface area contributed by atoms with Gasteiger partial charge in [-0.05, 0) is 66.5 Å². The van der Waals surface area contributed by atoms with Gasteiger partial charge in [0.25, 0.3) is 0 Å². The third-order valence-electron chi connectivity index (χ3n) is 14.8. The zero-order chi connectivity index (χ0) is 39.4. The number of carbonyl (C=O) groups excluding carboxylic acids is 2. The van der Waals surface area contributed by atoms with E-state index in [4.69, 9.17) is 23.1 Å². The average Bonchev–Trinajstić information content (AvgIpc) is 3.13. The molecule has 12 heteroatoms. The van der Waals surface area contributed by atoms with Crippen molar-refractivity contribution in [1.82, 2.24) is 0 Å². The molecule has 298 valence electrons. The predicted octanol–water partition coefficient (Wildman–Crippen LogP) is 6.93. The van der Waals surface area contributed by atoms with Crippen LogP contribution in [0, 0.1) is 16.7 Å². The topological polar surface area (TPSA) is 141 Å². The van der Waals surface area contributed by atoms with Crippen LogP contribution < -0.4 is 0 Å². The normalized spacial score (nSPS) is 36.7. The number of benzene rings is 1. The zero-order valence-corrected chi connectivity index (χ0v) is 36.0. The molecule has 1 aliphatic heterocycles. The Morgan fingerprint density at radius 2 is 1.43 bits per heavy atom. The summed E-state index contributed by atoms with van der Waals surface area (Å²) in [5.74, 6) is -2.26. The second kappa shape index (κ2) is 15.2. The molecule has 53 heavy (non-hydrogen) atoms. The van der Waals surface area contributed by atoms with Crippen LogP contribution in [0.15, 0.2) is 41.5 Å². The lowest BCUT2D eigenvalue weighted by Crippen LogP contribution is -2.82. The Morgan fingerprint density at radius 3 is 1.92 bits per heavy atom. The van der Waals surface area contributed by atoms with Gasteiger partial charge in [0.1, 0.15) is 23.9 Å². The molecule has 2 saturated carbocycles. The molecule has 10 nitrogen and oxygen atoms in total. The monoisotopic (exact) mass is 774 g/mol. The first-order valence-corrected chi connectivity index (χ1v) is 25.1. The summed E-state index contributed by atoms with van der Waals surface area (Å²) >= 11 is 0. The molecule has 1 aromatic carbocycles. The molecule has 3 aliphatic carbocycles. The number of hydrogen-bond acceptors (Lipinski definition) is 10. The van der Waals surface area contributed by atoms with Gasteiger partial charge in [-0.25, -0.2) is 4.79 Å². The van der Waals surface area contributed by atoms with Crippen molar-refractivity contribution in [3.05, 3.63) is 47.0 Å². The van der Waals surface area contributed by atoms with Crippen molar-refractivity contribution < 1.29 is 48.0 Å². The van der Waals surface area contributed by atoms with E-state index in [1.54, 1.807) is 24.3 Å². The van der Waals surface area contributed by atoms with Crippen LogP contribution in [0.4, 0.5) is 0 Å². The molecule has 3 fully saturated rings. The Labute approximate surface area is 319 Å². The molecule has 1 aromatic rings. The quantitative estimate of drug-likeness (QED) is 0.110. The van der Waals surface area contributed by atoms with Crippen LogP contribution in [-0.2, 0) is 27.9 Å². The highest BCUT2D eigenvalue weighted by Crippen LogP contribution is 2.66. The van der Waals surface area contributed by atoms with E-state index < -0.39 is 93.1 Å². The molecule has 1 unspecified atom stereocenters. The molecule has 1 heterocycles. The molecule has 0 spiro atoms. The third-order valence-corrected chi connectivity index (χ3v) is 24.1. The largest absolute Gasteiger partial charge is 0.455 e. The van der Waals surface area contributed by atoms with Gasteiger partial charge in [-0.1, -0.05) is 80.5 Å². The maximum atomic E-state index is 14.4. The molecular weight excluding hydrogens is 709 g/mol. The fourth-order valence-electron chi connectivity index (χ4n) is 10.8. The van der Waals surface area contributed by atoms with Crippen LogP contribution in [0.25, 0.3) is 0 Å². The Kier molecular flexibility index (Phi) is 12.1. The predicted molar refractivity (Wildman–Crippen MR) is 208 cm³/mol. The zero-order valence-electron chi connectivity index (χ0n) is 34.0. The summed E-state index contributed by atoms with van der Waals surface area (Å²) in [6.45, 7) is 21.6. The summed E-state index contributed by atoms with van der Waals surface area (Å²) in [5, 5.41) is 39.5. The Balaban J connectivity index is 1.86. The minimum absolute atomic E-state index is 0.0278. The van der Waals surface area contributed by atoms with Crippen molar-refractivity contribution in [2.45, 2.75) is 173 Å². The van der Waals surface area contributed by atoms with E-state index in [-0.39, 0.29) is 13.0 Å². The van der Waals surface area contributed by atoms with Crippen molar-refractivity contribution in [3.8, 4) is 0 Å². The summed E-state index contributed by atoms with van der Waals surface area (Å²) in [6, 6.07) is 13.7. The van der Waals surface area contributed by atoms with Crippen LogP contribution in [0.2, 0.25) is 36.3 Å². The SMILES string of the molecule is CC[Si](CC)(CC)O[C@H]1C[C@@]2(O)[C@@H](OC(=O)c3ccccc3)C3[C@@](C)([C@@H](O[Si](CC)(CC)CC)C[C@H]4OC[C@@]34OC(C)=O)[C@@H](O)[C@@H](O)C(=C1C)C2(C)C. The van der Waals surface area contributed by atoms with Crippen molar-refractivity contribution in [2.75, 3.05) is 6.61 Å². The summed E-state index contributed by atoms with van der Waals surface area (Å²) in [6.07, 6.45) is -5.88. The summed E-state index contributed by atoms with van der Waals surface area (Å²) in [5.41, 5.74) is -4.36. The highest BCUT2D eigenvalue weighted by molar-refractivity contribution is 6.74. The number of rotatable bonds is 13. The second-order valence-electron chi connectivity index (χ2n) is 17.1. The van der Waals surface area contributed by atoms with Gasteiger partial charge in [0.05, 0.1) is 36.4 Å². The standard InChI is InChI=1S/C41H66O10Si2/c1-12-52(13-2,14-3)50-29-24-41(46)36(48-37(45)28-21-19-18-20-22-28)34-39(11,35(44)33(43)32(26(29)7)38(41,9)10)30(51-53(15-4,16-5)17-6)23-31-40(34,25-47-31)49-27(8)42/h18-22,29-31,33-36,43-44,46H,12-17,23-25H2,1-11H3/t29-,30-,31+,33-,34?,35-,36-,39+,40-,41+/m0/s1. The van der Waals surface area contributed by atoms with Gasteiger partial charge in [-0.2, -0.15) is 0 Å². The van der Waals surface area contributed by atoms with Crippen molar-refractivity contribution >= 4 is 28.6 Å². The Hall–Kier alpha value is -1.91. The highest BCUT2D eigenvalue weighted by Gasteiger charge is 2.78. The van der Waals surface area contributed by atoms with E-state index in [9.17, 15) is 24.9 Å². The van der Waals surface area contributed by atoms with Gasteiger partial charge >= 0.3 is 11.9 Å². The first-order valence-electron chi connectivity index (χ1n) is 20.1. The molecule has 0 amide bonds. The number of carbonyl (C=O) groups is 2. The van der Waals surface area contributed by atoms with Crippen LogP contribution in [0.1, 0.15) is 99.4 Å². The Bertz CT molecular complexity index is 1510. The number of aliphatic hydroxyl groups is 3. The van der Waals surface area contributed by atoms with Gasteiger partial charge in [-0.3, -0.25) is 4.79 Å². The minimum atomic E-state index is -2.39. The van der Waals surface area contributed by atoms with E-state index in [1.807, 2.05) is 33.8 Å². The minimum Gasteiger partial charge on any atom is -0.455 e. The van der Waals surface area contributed by atoms with E-state index in [2.05, 4.69) is 41.5 Å². The van der Waals surface area contributed by atoms with E-state index in [1.165, 1.54) is 6.92 Å². The van der Waals surface area contributed by atoms with E-state index in [0.29, 0.717) is 17.6 Å². The van der Waals surface area contributed by atoms with Crippen LogP contribution >= 0.6 is 0 Å². The number of esters is 2. The molecule has 2 bridgehead atoms. The molecular formula is C41H66O10Si2. The lowest BCUT2D eigenvalue weighted by atomic mass is 9.44. The van der Waals surface area contributed by atoms with Crippen LogP contribution in [0.5, 0.6) is 0 Å². The van der Waals surface area contributed by atoms with Crippen molar-refractivity contribution in [2.24, 2.45) is 16.7 Å². The van der Waals surface area contributed by atoms with Crippen LogP contribution in [-0.4, -0.2) is 98.3 Å². The highest BCUT2D eigenvalue weighted by atomic mass is 28.4. The second-order valence-corrected chi connectivity index (χ2v) is 26.5. The fourth-order valence-corrected chi connectivity index (χ4v) is 16.6. The maximum absolute atomic E-state index is 14.4. The van der Waals surface area contributed by atoms with Gasteiger partial charge in [-0.15, -0.1) is 0 Å². The molecule has 3 N–H and O–H groups in total. The summed E-state index contributed by atoms with van der Waals surface area (Å²) < 4.78 is 33.8. The number of hydrogen-bond donors (Lipinski definition) is 3. The number of fused-ring (bicyclic) bond motifs is 5. The van der Waals surface area contributed by atoms with E-state index in [0.717, 1.165) is 41.8 Å². The van der Waals surface area contributed by atoms with Gasteiger partial charge in [0.2, 0.25) is 0 Å². The lowest BCUT2D eigenvalue weighted by Gasteiger charge is -2.70. The molecule has 0 aromatic heterocycles. The lowest BCUT2D eigenvalue weighted by molar-refractivity contribution is -0.363. The van der Waals surface area contributed by atoms with Crippen molar-refractivity contribution in [3.63, 3.8) is 0 Å². The molecule has 10 atom stereocenters. The van der Waals surface area contributed by atoms with Gasteiger partial charge in [0.15, 0.2) is 22.2 Å². The first kappa shape index (κ1) is 42.2. The van der Waals surface area contributed by atoms with E-state index >= 15 is 0 Å². The molecule has 5 rings (SSSR count). The maximum Gasteiger partial charge on any atom is 0.338 e. The number of ether oxygens (including phenoxy) is 3. The van der Waals surface area contributed by atoms with Crippen molar-refractivity contribution in [1.29, 1.82) is 0 Å². The third kappa shape index (κ3) is 6.54. The molecule has 0 radical (unpaired) electrons. The van der Waals surface area contributed by atoms with Gasteiger partial charge in [0, 0.05) is 30.6 Å². The van der Waals surface area contributed by atoms with Crippen LogP contribution in [0.3, 0.4) is 0 Å². The van der Waals surface area contributed by atoms with Gasteiger partial charge < -0.3 is 38.4 Å². The average molecular weight is 775 g/mol. The fraction of sp³-hybridized carbons (Fsp3) is 0.756. The first-order chi connectivity index (χ1) is 24.9.